The highest BCUT2D eigenvalue weighted by Crippen LogP contribution is 2.36. The van der Waals surface area contributed by atoms with Gasteiger partial charge in [0.25, 0.3) is 0 Å². The standard InChI is InChI=1S/C33H28BN5O2/c1-32(2)33(3,4)41-34(40-32)26-15-13-21(14-16-26)29-37-30(27-17-22-9-5-7-11-24(22)19-35-27)39-31(38-29)28-18-23-10-6-8-12-25(23)20-36-28/h5-20H,1-4H3. The molecule has 1 saturated heterocycles. The molecular formula is C33H28BN5O2. The first-order chi connectivity index (χ1) is 19.8. The maximum absolute atomic E-state index is 6.24. The minimum absolute atomic E-state index is 0.409. The van der Waals surface area contributed by atoms with E-state index in [4.69, 9.17) is 24.3 Å². The SMILES string of the molecule is CC1(C)OB(c2ccc(-c3nc(-c4cc5ccccc5cn4)nc(-c4cc5ccccc5cn4)n3)cc2)OC1(C)C. The second-order valence-corrected chi connectivity index (χ2v) is 11.3. The summed E-state index contributed by atoms with van der Waals surface area (Å²) in [5.41, 5.74) is 2.31. The van der Waals surface area contributed by atoms with E-state index in [2.05, 4.69) is 49.8 Å². The van der Waals surface area contributed by atoms with Gasteiger partial charge in [-0.05, 0) is 56.1 Å². The molecule has 8 heteroatoms. The van der Waals surface area contributed by atoms with E-state index in [9.17, 15) is 0 Å². The van der Waals surface area contributed by atoms with Crippen LogP contribution in [-0.2, 0) is 9.31 Å². The predicted molar refractivity (Wildman–Crippen MR) is 162 cm³/mol. The monoisotopic (exact) mass is 537 g/mol. The molecule has 1 fully saturated rings. The van der Waals surface area contributed by atoms with Gasteiger partial charge in [-0.3, -0.25) is 9.97 Å². The molecule has 0 spiro atoms. The summed E-state index contributed by atoms with van der Waals surface area (Å²) in [7, 11) is -0.442. The highest BCUT2D eigenvalue weighted by molar-refractivity contribution is 6.62. The van der Waals surface area contributed by atoms with Crippen molar-refractivity contribution in [1.82, 2.24) is 24.9 Å². The number of hydrogen-bond acceptors (Lipinski definition) is 7. The Morgan fingerprint density at radius 3 is 1.46 bits per heavy atom. The minimum Gasteiger partial charge on any atom is -0.399 e. The lowest BCUT2D eigenvalue weighted by Gasteiger charge is -2.32. The highest BCUT2D eigenvalue weighted by Gasteiger charge is 2.51. The van der Waals surface area contributed by atoms with Crippen molar-refractivity contribution >= 4 is 34.1 Å². The molecule has 0 bridgehead atoms. The summed E-state index contributed by atoms with van der Waals surface area (Å²) < 4.78 is 12.5. The summed E-state index contributed by atoms with van der Waals surface area (Å²) in [6, 6.07) is 28.2. The Labute approximate surface area is 238 Å². The highest BCUT2D eigenvalue weighted by atomic mass is 16.7. The summed E-state index contributed by atoms with van der Waals surface area (Å²) in [5.74, 6) is 1.51. The van der Waals surface area contributed by atoms with E-state index in [0.29, 0.717) is 28.9 Å². The van der Waals surface area contributed by atoms with Crippen LogP contribution in [0.3, 0.4) is 0 Å². The third kappa shape index (κ3) is 4.65. The molecule has 0 N–H and O–H groups in total. The Balaban J connectivity index is 1.32. The van der Waals surface area contributed by atoms with Crippen LogP contribution in [-0.4, -0.2) is 43.2 Å². The van der Waals surface area contributed by atoms with Crippen molar-refractivity contribution in [3.8, 4) is 34.4 Å². The zero-order valence-corrected chi connectivity index (χ0v) is 23.4. The Morgan fingerprint density at radius 2 is 0.976 bits per heavy atom. The lowest BCUT2D eigenvalue weighted by molar-refractivity contribution is 0.00578. The fourth-order valence-electron chi connectivity index (χ4n) is 4.91. The Kier molecular flexibility index (Phi) is 5.92. The minimum atomic E-state index is -0.442. The van der Waals surface area contributed by atoms with Crippen LogP contribution in [0.5, 0.6) is 0 Å². The predicted octanol–water partition coefficient (Wildman–Crippen LogP) is 6.27. The lowest BCUT2D eigenvalue weighted by Crippen LogP contribution is -2.41. The molecule has 200 valence electrons. The molecule has 1 aliphatic rings. The molecule has 4 heterocycles. The van der Waals surface area contributed by atoms with Crippen molar-refractivity contribution in [2.45, 2.75) is 38.9 Å². The van der Waals surface area contributed by atoms with Gasteiger partial charge in [0.2, 0.25) is 0 Å². The normalized spacial score (nSPS) is 16.0. The van der Waals surface area contributed by atoms with Crippen LogP contribution in [0.4, 0.5) is 0 Å². The van der Waals surface area contributed by atoms with Gasteiger partial charge in [0.1, 0.15) is 11.4 Å². The van der Waals surface area contributed by atoms with E-state index >= 15 is 0 Å². The Bertz CT molecular complexity index is 1810. The summed E-state index contributed by atoms with van der Waals surface area (Å²) in [5, 5.41) is 4.24. The van der Waals surface area contributed by atoms with E-state index in [0.717, 1.165) is 32.6 Å². The molecule has 7 nitrogen and oxygen atoms in total. The van der Waals surface area contributed by atoms with E-state index in [1.807, 2.05) is 85.2 Å². The smallest absolute Gasteiger partial charge is 0.399 e. The first kappa shape index (κ1) is 25.4. The van der Waals surface area contributed by atoms with Crippen LogP contribution in [0.2, 0.25) is 0 Å². The number of nitrogens with zero attached hydrogens (tertiary/aromatic N) is 5. The van der Waals surface area contributed by atoms with Gasteiger partial charge in [0.15, 0.2) is 17.5 Å². The quantitative estimate of drug-likeness (QED) is 0.245. The summed E-state index contributed by atoms with van der Waals surface area (Å²) in [4.78, 5) is 23.9. The van der Waals surface area contributed by atoms with Crippen molar-refractivity contribution in [2.75, 3.05) is 0 Å². The second-order valence-electron chi connectivity index (χ2n) is 11.3. The van der Waals surface area contributed by atoms with Gasteiger partial charge >= 0.3 is 7.12 Å². The van der Waals surface area contributed by atoms with Crippen LogP contribution in [0.25, 0.3) is 56.0 Å². The van der Waals surface area contributed by atoms with Gasteiger partial charge in [-0.25, -0.2) is 15.0 Å². The first-order valence-corrected chi connectivity index (χ1v) is 13.7. The third-order valence-electron chi connectivity index (χ3n) is 8.05. The average Bonchev–Trinajstić information content (AvgIpc) is 3.22. The van der Waals surface area contributed by atoms with Gasteiger partial charge in [0.05, 0.1) is 11.2 Å². The fourth-order valence-corrected chi connectivity index (χ4v) is 4.91. The molecule has 7 rings (SSSR count). The van der Waals surface area contributed by atoms with Gasteiger partial charge in [0, 0.05) is 28.7 Å². The number of hydrogen-bond donors (Lipinski definition) is 0. The van der Waals surface area contributed by atoms with Gasteiger partial charge in [-0.2, -0.15) is 0 Å². The van der Waals surface area contributed by atoms with Crippen molar-refractivity contribution in [1.29, 1.82) is 0 Å². The molecule has 41 heavy (non-hydrogen) atoms. The van der Waals surface area contributed by atoms with Gasteiger partial charge < -0.3 is 9.31 Å². The van der Waals surface area contributed by atoms with Crippen LogP contribution in [0.15, 0.2) is 97.3 Å². The molecule has 0 radical (unpaired) electrons. The van der Waals surface area contributed by atoms with Crippen molar-refractivity contribution < 1.29 is 9.31 Å². The number of aromatic nitrogens is 5. The van der Waals surface area contributed by atoms with Crippen LogP contribution < -0.4 is 5.46 Å². The average molecular weight is 537 g/mol. The van der Waals surface area contributed by atoms with E-state index in [1.54, 1.807) is 0 Å². The summed E-state index contributed by atoms with van der Waals surface area (Å²) in [6.45, 7) is 8.21. The van der Waals surface area contributed by atoms with Crippen molar-refractivity contribution in [2.24, 2.45) is 0 Å². The molecule has 0 unspecified atom stereocenters. The lowest BCUT2D eigenvalue weighted by atomic mass is 9.79. The number of fused-ring (bicyclic) bond motifs is 2. The van der Waals surface area contributed by atoms with Crippen LogP contribution in [0.1, 0.15) is 27.7 Å². The molecule has 0 amide bonds. The van der Waals surface area contributed by atoms with Crippen molar-refractivity contribution in [3.05, 3.63) is 97.3 Å². The van der Waals surface area contributed by atoms with Crippen LogP contribution >= 0.6 is 0 Å². The largest absolute Gasteiger partial charge is 0.494 e. The fraction of sp³-hybridized carbons (Fsp3) is 0.182. The zero-order valence-electron chi connectivity index (χ0n) is 23.4. The van der Waals surface area contributed by atoms with Crippen LogP contribution in [0, 0.1) is 0 Å². The number of benzene rings is 3. The summed E-state index contributed by atoms with van der Waals surface area (Å²) in [6.07, 6.45) is 3.70. The number of pyridine rings is 2. The van der Waals surface area contributed by atoms with Gasteiger partial charge in [-0.15, -0.1) is 0 Å². The third-order valence-corrected chi connectivity index (χ3v) is 8.05. The first-order valence-electron chi connectivity index (χ1n) is 13.7. The molecule has 3 aromatic carbocycles. The van der Waals surface area contributed by atoms with E-state index in [1.165, 1.54) is 0 Å². The maximum Gasteiger partial charge on any atom is 0.494 e. The summed E-state index contributed by atoms with van der Waals surface area (Å²) >= 11 is 0. The molecule has 6 aromatic rings. The maximum atomic E-state index is 6.24. The Morgan fingerprint density at radius 1 is 0.537 bits per heavy atom. The molecule has 0 saturated carbocycles. The van der Waals surface area contributed by atoms with E-state index in [-0.39, 0.29) is 0 Å². The Hall–Kier alpha value is -4.53. The molecule has 3 aromatic heterocycles. The molecule has 0 atom stereocenters. The van der Waals surface area contributed by atoms with E-state index < -0.39 is 18.3 Å². The van der Waals surface area contributed by atoms with Crippen molar-refractivity contribution in [3.63, 3.8) is 0 Å². The zero-order chi connectivity index (χ0) is 28.2. The topological polar surface area (TPSA) is 82.9 Å². The molecule has 0 aliphatic carbocycles. The molecule has 1 aliphatic heterocycles. The number of rotatable bonds is 4. The second kappa shape index (κ2) is 9.54. The van der Waals surface area contributed by atoms with Gasteiger partial charge in [-0.1, -0.05) is 72.8 Å². The molecular weight excluding hydrogens is 509 g/mol.